The first kappa shape index (κ1) is 17.2. The highest BCUT2D eigenvalue weighted by atomic mass is 35.5. The van der Waals surface area contributed by atoms with Crippen molar-refractivity contribution in [3.05, 3.63) is 0 Å². The second-order valence-corrected chi connectivity index (χ2v) is 7.33. The SMILES string of the molecule is CC1NCCN(S(=O)(=O)CC2CCCCO2)C1C.Cl. The number of hydrogen-bond donors (Lipinski definition) is 1. The van der Waals surface area contributed by atoms with E-state index in [9.17, 15) is 8.42 Å². The van der Waals surface area contributed by atoms with Crippen molar-refractivity contribution in [2.24, 2.45) is 0 Å². The first-order valence-corrected chi connectivity index (χ1v) is 8.46. The van der Waals surface area contributed by atoms with E-state index in [1.165, 1.54) is 0 Å². The molecule has 0 aliphatic carbocycles. The highest BCUT2D eigenvalue weighted by Crippen LogP contribution is 2.19. The Kier molecular flexibility index (Phi) is 6.53. The molecule has 0 aromatic carbocycles. The Morgan fingerprint density at radius 3 is 2.68 bits per heavy atom. The van der Waals surface area contributed by atoms with Gasteiger partial charge in [0.2, 0.25) is 10.0 Å². The van der Waals surface area contributed by atoms with E-state index in [4.69, 9.17) is 4.74 Å². The molecule has 2 rings (SSSR count). The molecule has 5 nitrogen and oxygen atoms in total. The van der Waals surface area contributed by atoms with E-state index in [1.54, 1.807) is 4.31 Å². The van der Waals surface area contributed by atoms with Crippen LogP contribution in [0.15, 0.2) is 0 Å². The van der Waals surface area contributed by atoms with Crippen LogP contribution >= 0.6 is 12.4 Å². The van der Waals surface area contributed by atoms with E-state index in [2.05, 4.69) is 5.32 Å². The van der Waals surface area contributed by atoms with E-state index in [-0.39, 0.29) is 36.3 Å². The molecule has 0 radical (unpaired) electrons. The number of nitrogens with one attached hydrogen (secondary N) is 1. The lowest BCUT2D eigenvalue weighted by molar-refractivity contribution is 0.0295. The van der Waals surface area contributed by atoms with Crippen LogP contribution in [0.4, 0.5) is 0 Å². The minimum Gasteiger partial charge on any atom is -0.377 e. The van der Waals surface area contributed by atoms with Gasteiger partial charge < -0.3 is 10.1 Å². The van der Waals surface area contributed by atoms with Crippen LogP contribution in [0.5, 0.6) is 0 Å². The maximum absolute atomic E-state index is 12.4. The zero-order valence-electron chi connectivity index (χ0n) is 11.7. The van der Waals surface area contributed by atoms with Gasteiger partial charge in [0.05, 0.1) is 11.9 Å². The van der Waals surface area contributed by atoms with Gasteiger partial charge in [-0.3, -0.25) is 0 Å². The van der Waals surface area contributed by atoms with Gasteiger partial charge in [-0.2, -0.15) is 4.31 Å². The second-order valence-electron chi connectivity index (χ2n) is 5.36. The third-order valence-electron chi connectivity index (χ3n) is 4.00. The summed E-state index contributed by atoms with van der Waals surface area (Å²) in [5, 5.41) is 3.30. The molecule has 0 saturated carbocycles. The van der Waals surface area contributed by atoms with E-state index in [0.717, 1.165) is 25.8 Å². The van der Waals surface area contributed by atoms with Gasteiger partial charge in [-0.05, 0) is 33.1 Å². The topological polar surface area (TPSA) is 58.6 Å². The summed E-state index contributed by atoms with van der Waals surface area (Å²) in [6.45, 7) is 6.00. The summed E-state index contributed by atoms with van der Waals surface area (Å²) in [5.41, 5.74) is 0. The Bertz CT molecular complexity index is 371. The van der Waals surface area contributed by atoms with E-state index >= 15 is 0 Å². The molecule has 114 valence electrons. The number of ether oxygens (including phenoxy) is 1. The van der Waals surface area contributed by atoms with Gasteiger partial charge >= 0.3 is 0 Å². The zero-order chi connectivity index (χ0) is 13.2. The minimum absolute atomic E-state index is 0. The third-order valence-corrected chi connectivity index (χ3v) is 6.03. The normalized spacial score (nSPS) is 33.7. The Morgan fingerprint density at radius 1 is 1.32 bits per heavy atom. The van der Waals surface area contributed by atoms with Crippen molar-refractivity contribution in [2.45, 2.75) is 51.3 Å². The van der Waals surface area contributed by atoms with Crippen LogP contribution in [0.25, 0.3) is 0 Å². The van der Waals surface area contributed by atoms with E-state index in [0.29, 0.717) is 13.2 Å². The van der Waals surface area contributed by atoms with Crippen molar-refractivity contribution < 1.29 is 13.2 Å². The third kappa shape index (κ3) is 4.29. The Hall–Kier alpha value is 0.120. The van der Waals surface area contributed by atoms with Gasteiger partial charge in [0.15, 0.2) is 0 Å². The van der Waals surface area contributed by atoms with Crippen LogP contribution in [0.1, 0.15) is 33.1 Å². The van der Waals surface area contributed by atoms with Crippen molar-refractivity contribution in [1.82, 2.24) is 9.62 Å². The standard InChI is InChI=1S/C12H24N2O3S.ClH/c1-10-11(2)14(7-6-13-10)18(15,16)9-12-5-3-4-8-17-12;/h10-13H,3-9H2,1-2H3;1H. The van der Waals surface area contributed by atoms with Gasteiger partial charge in [-0.1, -0.05) is 0 Å². The average Bonchev–Trinajstić information content (AvgIpc) is 2.33. The fraction of sp³-hybridized carbons (Fsp3) is 1.00. The fourth-order valence-corrected chi connectivity index (χ4v) is 4.67. The van der Waals surface area contributed by atoms with Crippen molar-refractivity contribution in [3.63, 3.8) is 0 Å². The van der Waals surface area contributed by atoms with E-state index in [1.807, 2.05) is 13.8 Å². The van der Waals surface area contributed by atoms with E-state index < -0.39 is 10.0 Å². The monoisotopic (exact) mass is 312 g/mol. The van der Waals surface area contributed by atoms with Gasteiger partial charge in [0.25, 0.3) is 0 Å². The lowest BCUT2D eigenvalue weighted by Crippen LogP contribution is -2.58. The molecule has 19 heavy (non-hydrogen) atoms. The molecule has 2 aliphatic rings. The number of halogens is 1. The predicted octanol–water partition coefficient (Wildman–Crippen LogP) is 0.989. The summed E-state index contributed by atoms with van der Waals surface area (Å²) >= 11 is 0. The van der Waals surface area contributed by atoms with Gasteiger partial charge in [0, 0.05) is 31.8 Å². The number of sulfonamides is 1. The zero-order valence-corrected chi connectivity index (χ0v) is 13.3. The number of hydrogen-bond acceptors (Lipinski definition) is 4. The summed E-state index contributed by atoms with van der Waals surface area (Å²) in [5.74, 6) is 0.143. The first-order valence-electron chi connectivity index (χ1n) is 6.85. The van der Waals surface area contributed by atoms with Crippen LogP contribution in [0.3, 0.4) is 0 Å². The smallest absolute Gasteiger partial charge is 0.217 e. The maximum atomic E-state index is 12.4. The summed E-state index contributed by atoms with van der Waals surface area (Å²) in [6.07, 6.45) is 2.89. The number of piperazine rings is 1. The molecule has 7 heteroatoms. The highest BCUT2D eigenvalue weighted by Gasteiger charge is 2.35. The van der Waals surface area contributed by atoms with Crippen molar-refractivity contribution in [2.75, 3.05) is 25.4 Å². The second kappa shape index (κ2) is 7.22. The van der Waals surface area contributed by atoms with Crippen LogP contribution in [-0.4, -0.2) is 56.4 Å². The van der Waals surface area contributed by atoms with Crippen molar-refractivity contribution in [3.8, 4) is 0 Å². The summed E-state index contributed by atoms with van der Waals surface area (Å²) < 4.78 is 32.0. The van der Waals surface area contributed by atoms with Crippen LogP contribution in [0.2, 0.25) is 0 Å². The highest BCUT2D eigenvalue weighted by molar-refractivity contribution is 7.89. The lowest BCUT2D eigenvalue weighted by atomic mass is 10.1. The molecule has 2 saturated heterocycles. The molecular weight excluding hydrogens is 288 g/mol. The van der Waals surface area contributed by atoms with Crippen LogP contribution in [-0.2, 0) is 14.8 Å². The predicted molar refractivity (Wildman–Crippen MR) is 78.3 cm³/mol. The Morgan fingerprint density at radius 2 is 2.05 bits per heavy atom. The molecule has 2 fully saturated rings. The summed E-state index contributed by atoms with van der Waals surface area (Å²) in [6, 6.07) is 0.230. The molecule has 2 aliphatic heterocycles. The molecule has 3 unspecified atom stereocenters. The van der Waals surface area contributed by atoms with Gasteiger partial charge in [0.1, 0.15) is 0 Å². The summed E-state index contributed by atoms with van der Waals surface area (Å²) in [7, 11) is -3.20. The van der Waals surface area contributed by atoms with Crippen molar-refractivity contribution >= 4 is 22.4 Å². The lowest BCUT2D eigenvalue weighted by Gasteiger charge is -2.38. The molecule has 0 bridgehead atoms. The molecule has 0 spiro atoms. The Balaban J connectivity index is 0.00000180. The molecular formula is C12H25ClN2O3S. The molecule has 0 aromatic heterocycles. The van der Waals surface area contributed by atoms with Crippen LogP contribution < -0.4 is 5.32 Å². The fourth-order valence-electron chi connectivity index (χ4n) is 2.69. The number of nitrogens with zero attached hydrogens (tertiary/aromatic N) is 1. The van der Waals surface area contributed by atoms with Gasteiger partial charge in [-0.15, -0.1) is 12.4 Å². The average molecular weight is 313 g/mol. The largest absolute Gasteiger partial charge is 0.377 e. The molecule has 0 amide bonds. The van der Waals surface area contributed by atoms with Crippen LogP contribution in [0, 0.1) is 0 Å². The maximum Gasteiger partial charge on any atom is 0.217 e. The Labute approximate surface area is 122 Å². The minimum atomic E-state index is -3.20. The molecule has 2 heterocycles. The quantitative estimate of drug-likeness (QED) is 0.844. The summed E-state index contributed by atoms with van der Waals surface area (Å²) in [4.78, 5) is 0. The first-order chi connectivity index (χ1) is 8.50. The van der Waals surface area contributed by atoms with Gasteiger partial charge in [-0.25, -0.2) is 8.42 Å². The molecule has 3 atom stereocenters. The number of rotatable bonds is 3. The molecule has 1 N–H and O–H groups in total. The van der Waals surface area contributed by atoms with Crippen molar-refractivity contribution in [1.29, 1.82) is 0 Å². The molecule has 0 aromatic rings.